The van der Waals surface area contributed by atoms with Crippen molar-refractivity contribution >= 4 is 29.2 Å². The highest BCUT2D eigenvalue weighted by atomic mass is 35.5. The van der Waals surface area contributed by atoms with Gasteiger partial charge in [-0.3, -0.25) is 4.79 Å². The highest BCUT2D eigenvalue weighted by molar-refractivity contribution is 6.31. The highest BCUT2D eigenvalue weighted by Crippen LogP contribution is 2.60. The number of carboxylic acid groups (broad SMARTS) is 1. The summed E-state index contributed by atoms with van der Waals surface area (Å²) < 4.78 is 5.65. The van der Waals surface area contributed by atoms with Gasteiger partial charge in [0.15, 0.2) is 6.61 Å². The summed E-state index contributed by atoms with van der Waals surface area (Å²) in [5, 5.41) is 12.2. The minimum absolute atomic E-state index is 0.0548. The largest absolute Gasteiger partial charge is 0.484 e. The minimum Gasteiger partial charge on any atom is -0.484 e. The number of benzene rings is 2. The molecule has 0 radical (unpaired) electrons. The van der Waals surface area contributed by atoms with Crippen molar-refractivity contribution in [2.45, 2.75) is 43.9 Å². The first-order valence-electron chi connectivity index (χ1n) is 11.0. The first-order valence-corrected chi connectivity index (χ1v) is 11.3. The maximum Gasteiger partial charge on any atom is 0.337 e. The van der Waals surface area contributed by atoms with Crippen molar-refractivity contribution in [2.75, 3.05) is 11.9 Å². The van der Waals surface area contributed by atoms with Crippen LogP contribution in [-0.4, -0.2) is 23.6 Å². The number of amides is 1. The number of carbonyl (C=O) groups excluding carboxylic acids is 1. The molecule has 4 aliphatic rings. The standard InChI is InChI=1S/C25H26ClNO4/c26-19-3-6-22(21(10-19)24(29)30)27-23(28)14-31-20-4-1-18(2-5-20)25-11-15-7-16(12-25)9-17(8-15)13-25/h1-6,10,15-17H,7-9,11-14H2,(H,27,28)(H,29,30). The maximum atomic E-state index is 12.3. The fourth-order valence-corrected chi connectivity index (χ4v) is 6.68. The molecular formula is C25H26ClNO4. The van der Waals surface area contributed by atoms with Gasteiger partial charge in [-0.1, -0.05) is 23.7 Å². The summed E-state index contributed by atoms with van der Waals surface area (Å²) in [4.78, 5) is 23.6. The molecule has 162 valence electrons. The second kappa shape index (κ2) is 7.86. The van der Waals surface area contributed by atoms with Gasteiger partial charge in [0.25, 0.3) is 5.91 Å². The van der Waals surface area contributed by atoms with Crippen LogP contribution in [-0.2, 0) is 10.2 Å². The fraction of sp³-hybridized carbons (Fsp3) is 0.440. The Labute approximate surface area is 186 Å². The van der Waals surface area contributed by atoms with Crippen LogP contribution in [0.1, 0.15) is 54.4 Å². The van der Waals surface area contributed by atoms with Gasteiger partial charge < -0.3 is 15.2 Å². The topological polar surface area (TPSA) is 75.6 Å². The SMILES string of the molecule is O=C(COc1ccc(C23CC4CC(CC(C4)C2)C3)cc1)Nc1ccc(Cl)cc1C(=O)O. The zero-order valence-corrected chi connectivity index (χ0v) is 18.0. The molecule has 0 spiro atoms. The summed E-state index contributed by atoms with van der Waals surface area (Å²) in [5.74, 6) is 1.76. The summed E-state index contributed by atoms with van der Waals surface area (Å²) in [6, 6.07) is 12.6. The average molecular weight is 440 g/mol. The van der Waals surface area contributed by atoms with E-state index in [1.54, 1.807) is 0 Å². The third-order valence-electron chi connectivity index (χ3n) is 7.36. The molecule has 0 saturated heterocycles. The average Bonchev–Trinajstić information content (AvgIpc) is 2.73. The number of ether oxygens (including phenoxy) is 1. The number of carbonyl (C=O) groups is 2. The Morgan fingerprint density at radius 2 is 1.61 bits per heavy atom. The van der Waals surface area contributed by atoms with Crippen molar-refractivity contribution in [2.24, 2.45) is 17.8 Å². The third-order valence-corrected chi connectivity index (χ3v) is 7.60. The number of aromatic carboxylic acids is 1. The molecule has 0 heterocycles. The molecule has 6 heteroatoms. The van der Waals surface area contributed by atoms with Crippen LogP contribution >= 0.6 is 11.6 Å². The van der Waals surface area contributed by atoms with Crippen LogP contribution < -0.4 is 10.1 Å². The van der Waals surface area contributed by atoms with Gasteiger partial charge >= 0.3 is 5.97 Å². The van der Waals surface area contributed by atoms with E-state index in [1.165, 1.54) is 62.3 Å². The Kier molecular flexibility index (Phi) is 5.17. The second-order valence-corrected chi connectivity index (χ2v) is 9.99. The van der Waals surface area contributed by atoms with Gasteiger partial charge in [-0.25, -0.2) is 4.79 Å². The van der Waals surface area contributed by atoms with Crippen LogP contribution in [0.4, 0.5) is 5.69 Å². The van der Waals surface area contributed by atoms with Gasteiger partial charge in [-0.05, 0) is 97.6 Å². The van der Waals surface area contributed by atoms with Gasteiger partial charge in [0.2, 0.25) is 0 Å². The molecule has 6 rings (SSSR count). The van der Waals surface area contributed by atoms with Crippen molar-refractivity contribution in [1.29, 1.82) is 0 Å². The highest BCUT2D eigenvalue weighted by Gasteiger charge is 2.51. The number of hydrogen-bond acceptors (Lipinski definition) is 3. The molecule has 1 amide bonds. The van der Waals surface area contributed by atoms with E-state index >= 15 is 0 Å². The molecule has 4 fully saturated rings. The van der Waals surface area contributed by atoms with E-state index in [0.29, 0.717) is 16.2 Å². The van der Waals surface area contributed by atoms with E-state index in [-0.39, 0.29) is 17.9 Å². The Hall–Kier alpha value is -2.53. The molecule has 0 aliphatic heterocycles. The van der Waals surface area contributed by atoms with Gasteiger partial charge in [0.1, 0.15) is 5.75 Å². The lowest BCUT2D eigenvalue weighted by atomic mass is 9.48. The number of hydrogen-bond donors (Lipinski definition) is 2. The minimum atomic E-state index is -1.15. The van der Waals surface area contributed by atoms with Crippen molar-refractivity contribution in [3.05, 3.63) is 58.6 Å². The number of nitrogens with one attached hydrogen (secondary N) is 1. The van der Waals surface area contributed by atoms with Crippen LogP contribution in [0, 0.1) is 17.8 Å². The molecule has 31 heavy (non-hydrogen) atoms. The number of rotatable bonds is 6. The van der Waals surface area contributed by atoms with Crippen molar-refractivity contribution in [3.63, 3.8) is 0 Å². The number of carboxylic acids is 1. The van der Waals surface area contributed by atoms with Gasteiger partial charge in [0.05, 0.1) is 11.3 Å². The Bertz CT molecular complexity index is 981. The van der Waals surface area contributed by atoms with E-state index in [4.69, 9.17) is 16.3 Å². The molecule has 2 N–H and O–H groups in total. The molecule has 4 saturated carbocycles. The zero-order valence-electron chi connectivity index (χ0n) is 17.3. The van der Waals surface area contributed by atoms with Crippen molar-refractivity contribution in [1.82, 2.24) is 0 Å². The van der Waals surface area contributed by atoms with E-state index < -0.39 is 11.9 Å². The summed E-state index contributed by atoms with van der Waals surface area (Å²) >= 11 is 5.85. The molecular weight excluding hydrogens is 414 g/mol. The fourth-order valence-electron chi connectivity index (χ4n) is 6.51. The Morgan fingerprint density at radius 1 is 1.00 bits per heavy atom. The smallest absolute Gasteiger partial charge is 0.337 e. The molecule has 4 aliphatic carbocycles. The summed E-state index contributed by atoms with van der Waals surface area (Å²) in [6.07, 6.45) is 8.21. The molecule has 2 aromatic rings. The Balaban J connectivity index is 1.21. The number of anilines is 1. The van der Waals surface area contributed by atoms with Crippen LogP contribution in [0.3, 0.4) is 0 Å². The lowest BCUT2D eigenvalue weighted by Gasteiger charge is -2.57. The lowest BCUT2D eigenvalue weighted by Crippen LogP contribution is -2.48. The summed E-state index contributed by atoms with van der Waals surface area (Å²) in [6.45, 7) is -0.196. The third kappa shape index (κ3) is 4.03. The molecule has 0 atom stereocenters. The predicted molar refractivity (Wildman–Crippen MR) is 119 cm³/mol. The van der Waals surface area contributed by atoms with E-state index in [1.807, 2.05) is 12.1 Å². The molecule has 2 aromatic carbocycles. The van der Waals surface area contributed by atoms with Gasteiger partial charge in [-0.15, -0.1) is 0 Å². The first kappa shape index (κ1) is 20.4. The Morgan fingerprint density at radius 3 is 2.19 bits per heavy atom. The van der Waals surface area contributed by atoms with Gasteiger partial charge in [0, 0.05) is 5.02 Å². The second-order valence-electron chi connectivity index (χ2n) is 9.55. The normalized spacial score (nSPS) is 28.4. The van der Waals surface area contributed by atoms with Crippen LogP contribution in [0.25, 0.3) is 0 Å². The lowest BCUT2D eigenvalue weighted by molar-refractivity contribution is -0.118. The van der Waals surface area contributed by atoms with Crippen LogP contribution in [0.2, 0.25) is 5.02 Å². The van der Waals surface area contributed by atoms with Gasteiger partial charge in [-0.2, -0.15) is 0 Å². The summed E-state index contributed by atoms with van der Waals surface area (Å²) in [5.41, 5.74) is 1.89. The molecule has 5 nitrogen and oxygen atoms in total. The number of halogens is 1. The maximum absolute atomic E-state index is 12.3. The predicted octanol–water partition coefficient (Wildman–Crippen LogP) is 5.52. The van der Waals surface area contributed by atoms with E-state index in [2.05, 4.69) is 17.4 Å². The zero-order chi connectivity index (χ0) is 21.6. The first-order chi connectivity index (χ1) is 14.9. The van der Waals surface area contributed by atoms with Crippen molar-refractivity contribution in [3.8, 4) is 5.75 Å². The van der Waals surface area contributed by atoms with E-state index in [0.717, 1.165) is 17.8 Å². The quantitative estimate of drug-likeness (QED) is 0.621. The van der Waals surface area contributed by atoms with Crippen LogP contribution in [0.5, 0.6) is 5.75 Å². The molecule has 0 unspecified atom stereocenters. The van der Waals surface area contributed by atoms with Crippen LogP contribution in [0.15, 0.2) is 42.5 Å². The van der Waals surface area contributed by atoms with E-state index in [9.17, 15) is 14.7 Å². The molecule has 4 bridgehead atoms. The van der Waals surface area contributed by atoms with Crippen molar-refractivity contribution < 1.29 is 19.4 Å². The monoisotopic (exact) mass is 439 g/mol. The summed E-state index contributed by atoms with van der Waals surface area (Å²) in [7, 11) is 0. The molecule has 0 aromatic heterocycles.